The quantitative estimate of drug-likeness (QED) is 0.629. The number of rotatable bonds is 5. The van der Waals surface area contributed by atoms with Crippen LogP contribution in [0.25, 0.3) is 22.2 Å². The van der Waals surface area contributed by atoms with Crippen LogP contribution in [0.5, 0.6) is 5.75 Å². The minimum Gasteiger partial charge on any atom is -0.497 e. The molecule has 140 valence electrons. The molecule has 4 nitrogen and oxygen atoms in total. The fraction of sp³-hybridized carbons (Fsp3) is 0.304. The van der Waals surface area contributed by atoms with E-state index in [9.17, 15) is 4.79 Å². The monoisotopic (exact) mass is 362 g/mol. The van der Waals surface area contributed by atoms with Gasteiger partial charge in [-0.25, -0.2) is 4.98 Å². The molecule has 3 rings (SSSR count). The van der Waals surface area contributed by atoms with Crippen molar-refractivity contribution in [3.8, 4) is 17.0 Å². The van der Waals surface area contributed by atoms with Crippen LogP contribution in [0, 0.1) is 0 Å². The molecule has 4 heteroatoms. The van der Waals surface area contributed by atoms with Gasteiger partial charge in [-0.15, -0.1) is 0 Å². The van der Waals surface area contributed by atoms with Crippen molar-refractivity contribution in [3.05, 3.63) is 60.2 Å². The number of aromatic nitrogens is 1. The van der Waals surface area contributed by atoms with E-state index in [2.05, 4.69) is 0 Å². The highest BCUT2D eigenvalue weighted by Crippen LogP contribution is 2.28. The number of benzene rings is 2. The Morgan fingerprint density at radius 2 is 1.59 bits per heavy atom. The van der Waals surface area contributed by atoms with Crippen LogP contribution >= 0.6 is 0 Å². The van der Waals surface area contributed by atoms with Crippen LogP contribution in [-0.4, -0.2) is 35.0 Å². The zero-order valence-corrected chi connectivity index (χ0v) is 16.6. The van der Waals surface area contributed by atoms with Gasteiger partial charge in [0.25, 0.3) is 5.91 Å². The smallest absolute Gasteiger partial charge is 0.255 e. The molecule has 1 amide bonds. The highest BCUT2D eigenvalue weighted by molar-refractivity contribution is 6.07. The van der Waals surface area contributed by atoms with Gasteiger partial charge in [-0.3, -0.25) is 4.79 Å². The van der Waals surface area contributed by atoms with Crippen LogP contribution in [-0.2, 0) is 0 Å². The SMILES string of the molecule is COc1ccc(-c2cc(C(=O)N(C(C)C)C(C)C)c3ccccc3n2)cc1. The first kappa shape index (κ1) is 18.9. The second-order valence-electron chi connectivity index (χ2n) is 7.20. The lowest BCUT2D eigenvalue weighted by molar-refractivity contribution is 0.0646. The Hall–Kier alpha value is -2.88. The van der Waals surface area contributed by atoms with Gasteiger partial charge in [-0.1, -0.05) is 18.2 Å². The van der Waals surface area contributed by atoms with Gasteiger partial charge in [0.1, 0.15) is 5.75 Å². The summed E-state index contributed by atoms with van der Waals surface area (Å²) in [6.07, 6.45) is 0. The lowest BCUT2D eigenvalue weighted by Crippen LogP contribution is -2.42. The average molecular weight is 362 g/mol. The van der Waals surface area contributed by atoms with Crippen LogP contribution in [0.4, 0.5) is 0 Å². The highest BCUT2D eigenvalue weighted by atomic mass is 16.5. The number of pyridine rings is 1. The van der Waals surface area contributed by atoms with Gasteiger partial charge in [0.2, 0.25) is 0 Å². The maximum atomic E-state index is 13.4. The minimum atomic E-state index is 0.0355. The minimum absolute atomic E-state index is 0.0355. The number of ether oxygens (including phenoxy) is 1. The fourth-order valence-corrected chi connectivity index (χ4v) is 3.47. The Labute approximate surface area is 160 Å². The van der Waals surface area contributed by atoms with E-state index in [0.29, 0.717) is 5.56 Å². The van der Waals surface area contributed by atoms with Gasteiger partial charge in [0.05, 0.1) is 23.9 Å². The summed E-state index contributed by atoms with van der Waals surface area (Å²) in [6.45, 7) is 8.19. The zero-order chi connectivity index (χ0) is 19.6. The van der Waals surface area contributed by atoms with Crippen LogP contribution in [0.3, 0.4) is 0 Å². The van der Waals surface area contributed by atoms with Gasteiger partial charge in [0.15, 0.2) is 0 Å². The molecule has 0 unspecified atom stereocenters. The van der Waals surface area contributed by atoms with Gasteiger partial charge in [-0.05, 0) is 64.1 Å². The van der Waals surface area contributed by atoms with Crippen molar-refractivity contribution in [2.75, 3.05) is 7.11 Å². The Bertz CT molecular complexity index is 938. The summed E-state index contributed by atoms with van der Waals surface area (Å²) in [5, 5.41) is 0.881. The van der Waals surface area contributed by atoms with Crippen molar-refractivity contribution in [2.24, 2.45) is 0 Å². The standard InChI is InChI=1S/C23H26N2O2/c1-15(2)25(16(3)4)23(26)20-14-22(17-10-12-18(27-5)13-11-17)24-21-9-7-6-8-19(20)21/h6-16H,1-5H3. The maximum Gasteiger partial charge on any atom is 0.255 e. The Morgan fingerprint density at radius 3 is 2.19 bits per heavy atom. The van der Waals surface area contributed by atoms with Crippen molar-refractivity contribution in [2.45, 2.75) is 39.8 Å². The molecule has 0 saturated heterocycles. The Morgan fingerprint density at radius 1 is 0.963 bits per heavy atom. The second-order valence-corrected chi connectivity index (χ2v) is 7.20. The number of amides is 1. The normalized spacial score (nSPS) is 11.2. The van der Waals surface area contributed by atoms with Gasteiger partial charge in [0, 0.05) is 23.0 Å². The predicted molar refractivity (Wildman–Crippen MR) is 110 cm³/mol. The zero-order valence-electron chi connectivity index (χ0n) is 16.6. The van der Waals surface area contributed by atoms with E-state index in [1.165, 1.54) is 0 Å². The third kappa shape index (κ3) is 3.80. The third-order valence-corrected chi connectivity index (χ3v) is 4.68. The molecule has 0 saturated carbocycles. The summed E-state index contributed by atoms with van der Waals surface area (Å²) in [5.74, 6) is 0.829. The van der Waals surface area contributed by atoms with Crippen LogP contribution in [0.15, 0.2) is 54.6 Å². The van der Waals surface area contributed by atoms with Crippen molar-refractivity contribution in [1.82, 2.24) is 9.88 Å². The molecule has 1 aromatic heterocycles. The number of carbonyl (C=O) groups excluding carboxylic acids is 1. The molecule has 0 aliphatic rings. The molecule has 0 bridgehead atoms. The third-order valence-electron chi connectivity index (χ3n) is 4.68. The first-order chi connectivity index (χ1) is 12.9. The summed E-state index contributed by atoms with van der Waals surface area (Å²) >= 11 is 0. The molecule has 0 aliphatic heterocycles. The first-order valence-electron chi connectivity index (χ1n) is 9.29. The summed E-state index contributed by atoms with van der Waals surface area (Å²) < 4.78 is 5.24. The number of methoxy groups -OCH3 is 1. The summed E-state index contributed by atoms with van der Waals surface area (Å²) in [7, 11) is 1.65. The van der Waals surface area contributed by atoms with Crippen molar-refractivity contribution in [1.29, 1.82) is 0 Å². The molecule has 0 fully saturated rings. The summed E-state index contributed by atoms with van der Waals surface area (Å²) in [5.41, 5.74) is 3.25. The summed E-state index contributed by atoms with van der Waals surface area (Å²) in [4.78, 5) is 20.1. The van der Waals surface area contributed by atoms with E-state index in [-0.39, 0.29) is 18.0 Å². The molecule has 0 spiro atoms. The molecular weight excluding hydrogens is 336 g/mol. The van der Waals surface area contributed by atoms with E-state index >= 15 is 0 Å². The van der Waals surface area contributed by atoms with E-state index in [0.717, 1.165) is 27.9 Å². The lowest BCUT2D eigenvalue weighted by Gasteiger charge is -2.31. The highest BCUT2D eigenvalue weighted by Gasteiger charge is 2.24. The molecule has 0 N–H and O–H groups in total. The molecule has 2 aromatic carbocycles. The van der Waals surface area contributed by atoms with Gasteiger partial charge < -0.3 is 9.64 Å². The summed E-state index contributed by atoms with van der Waals surface area (Å²) in [6, 6.07) is 17.7. The molecular formula is C23H26N2O2. The molecule has 0 radical (unpaired) electrons. The van der Waals surface area contributed by atoms with E-state index in [1.54, 1.807) is 7.11 Å². The average Bonchev–Trinajstić information content (AvgIpc) is 2.66. The predicted octanol–water partition coefficient (Wildman–Crippen LogP) is 5.17. The van der Waals surface area contributed by atoms with Crippen molar-refractivity contribution in [3.63, 3.8) is 0 Å². The Balaban J connectivity index is 2.17. The molecule has 0 aliphatic carbocycles. The largest absolute Gasteiger partial charge is 0.497 e. The fourth-order valence-electron chi connectivity index (χ4n) is 3.47. The van der Waals surface area contributed by atoms with E-state index < -0.39 is 0 Å². The number of nitrogens with zero attached hydrogens (tertiary/aromatic N) is 2. The first-order valence-corrected chi connectivity index (χ1v) is 9.29. The maximum absolute atomic E-state index is 13.4. The Kier molecular flexibility index (Phi) is 5.45. The number of carbonyl (C=O) groups is 1. The number of para-hydroxylation sites is 1. The van der Waals surface area contributed by atoms with Crippen LogP contribution < -0.4 is 4.74 Å². The van der Waals surface area contributed by atoms with Crippen LogP contribution in [0.1, 0.15) is 38.1 Å². The van der Waals surface area contributed by atoms with Crippen molar-refractivity contribution >= 4 is 16.8 Å². The number of hydrogen-bond acceptors (Lipinski definition) is 3. The molecule has 0 atom stereocenters. The molecule has 3 aromatic rings. The molecule has 1 heterocycles. The lowest BCUT2D eigenvalue weighted by atomic mass is 10.0. The van der Waals surface area contributed by atoms with Crippen LogP contribution in [0.2, 0.25) is 0 Å². The van der Waals surface area contributed by atoms with Gasteiger partial charge in [-0.2, -0.15) is 0 Å². The van der Waals surface area contributed by atoms with Crippen molar-refractivity contribution < 1.29 is 9.53 Å². The van der Waals surface area contributed by atoms with Gasteiger partial charge >= 0.3 is 0 Å². The number of hydrogen-bond donors (Lipinski definition) is 0. The molecule has 27 heavy (non-hydrogen) atoms. The number of fused-ring (bicyclic) bond motifs is 1. The van der Waals surface area contributed by atoms with E-state index in [1.807, 2.05) is 87.2 Å². The van der Waals surface area contributed by atoms with E-state index in [4.69, 9.17) is 9.72 Å². The topological polar surface area (TPSA) is 42.4 Å². The second kappa shape index (κ2) is 7.78.